The largest absolute Gasteiger partial charge is 0.354 e. The Bertz CT molecular complexity index is 1140. The molecular weight excluding hydrogens is 428 g/mol. The Morgan fingerprint density at radius 3 is 2.68 bits per heavy atom. The number of carbonyl (C=O) groups excluding carboxylic acids is 2. The van der Waals surface area contributed by atoms with Crippen LogP contribution in [0.25, 0.3) is 0 Å². The number of nitrogens with one attached hydrogen (secondary N) is 1. The zero-order valence-corrected chi connectivity index (χ0v) is 19.3. The van der Waals surface area contributed by atoms with Crippen LogP contribution in [0.5, 0.6) is 0 Å². The van der Waals surface area contributed by atoms with Crippen LogP contribution in [0.15, 0.2) is 54.9 Å². The standard InChI is InChI=1S/C26H30N6O2/c33-24-10-14-31(16-12-28-24)26(34)25-22-19-30(18-21-7-4-11-27-17-21)13-9-23(22)32(29-25)15-8-20-5-2-1-3-6-20/h1-7,11,17H,8-10,12-16,18-19H2,(H,28,33). The van der Waals surface area contributed by atoms with E-state index in [1.807, 2.05) is 35.1 Å². The minimum Gasteiger partial charge on any atom is -0.354 e. The van der Waals surface area contributed by atoms with Crippen molar-refractivity contribution in [2.24, 2.45) is 0 Å². The zero-order valence-electron chi connectivity index (χ0n) is 19.3. The molecule has 34 heavy (non-hydrogen) atoms. The number of fused-ring (bicyclic) bond motifs is 1. The topological polar surface area (TPSA) is 83.4 Å². The Kier molecular flexibility index (Phi) is 6.67. The molecule has 0 bridgehead atoms. The van der Waals surface area contributed by atoms with Crippen molar-refractivity contribution in [1.29, 1.82) is 0 Å². The van der Waals surface area contributed by atoms with Gasteiger partial charge in [0.25, 0.3) is 5.91 Å². The lowest BCUT2D eigenvalue weighted by Crippen LogP contribution is -2.36. The number of nitrogens with zero attached hydrogens (tertiary/aromatic N) is 5. The van der Waals surface area contributed by atoms with Crippen LogP contribution in [0.3, 0.4) is 0 Å². The van der Waals surface area contributed by atoms with Crippen LogP contribution in [-0.2, 0) is 37.3 Å². The van der Waals surface area contributed by atoms with E-state index in [1.165, 1.54) is 5.56 Å². The summed E-state index contributed by atoms with van der Waals surface area (Å²) in [7, 11) is 0. The average molecular weight is 459 g/mol. The molecule has 8 nitrogen and oxygen atoms in total. The summed E-state index contributed by atoms with van der Waals surface area (Å²) >= 11 is 0. The number of amides is 2. The number of hydrogen-bond acceptors (Lipinski definition) is 5. The maximum Gasteiger partial charge on any atom is 0.274 e. The van der Waals surface area contributed by atoms with Gasteiger partial charge in [0, 0.05) is 82.3 Å². The maximum absolute atomic E-state index is 13.6. The van der Waals surface area contributed by atoms with E-state index < -0.39 is 0 Å². The zero-order chi connectivity index (χ0) is 23.3. The van der Waals surface area contributed by atoms with E-state index in [0.717, 1.165) is 49.3 Å². The number of aromatic nitrogens is 3. The van der Waals surface area contributed by atoms with Crippen molar-refractivity contribution in [3.8, 4) is 0 Å². The third-order valence-corrected chi connectivity index (χ3v) is 6.60. The van der Waals surface area contributed by atoms with Crippen LogP contribution >= 0.6 is 0 Å². The van der Waals surface area contributed by atoms with Gasteiger partial charge in [-0.15, -0.1) is 0 Å². The smallest absolute Gasteiger partial charge is 0.274 e. The van der Waals surface area contributed by atoms with Crippen molar-refractivity contribution in [1.82, 2.24) is 29.9 Å². The molecular formula is C26H30N6O2. The Morgan fingerprint density at radius 2 is 1.85 bits per heavy atom. The van der Waals surface area contributed by atoms with Crippen molar-refractivity contribution in [3.63, 3.8) is 0 Å². The molecule has 2 aliphatic heterocycles. The Morgan fingerprint density at radius 1 is 1.00 bits per heavy atom. The molecule has 2 amide bonds. The van der Waals surface area contributed by atoms with Crippen LogP contribution in [0.1, 0.15) is 39.3 Å². The lowest BCUT2D eigenvalue weighted by Gasteiger charge is -2.28. The molecule has 5 rings (SSSR count). The summed E-state index contributed by atoms with van der Waals surface area (Å²) in [5, 5.41) is 7.70. The summed E-state index contributed by atoms with van der Waals surface area (Å²) in [6.45, 7) is 4.54. The molecule has 1 fully saturated rings. The molecule has 0 atom stereocenters. The van der Waals surface area contributed by atoms with Gasteiger partial charge < -0.3 is 10.2 Å². The van der Waals surface area contributed by atoms with Gasteiger partial charge in [0.15, 0.2) is 5.69 Å². The fourth-order valence-corrected chi connectivity index (χ4v) is 4.79. The predicted molar refractivity (Wildman–Crippen MR) is 128 cm³/mol. The first-order valence-electron chi connectivity index (χ1n) is 12.0. The van der Waals surface area contributed by atoms with E-state index >= 15 is 0 Å². The highest BCUT2D eigenvalue weighted by molar-refractivity contribution is 5.94. The number of rotatable bonds is 6. The second kappa shape index (κ2) is 10.2. The molecule has 8 heteroatoms. The molecule has 1 N–H and O–H groups in total. The molecule has 2 aromatic heterocycles. The highest BCUT2D eigenvalue weighted by Gasteiger charge is 2.31. The van der Waals surface area contributed by atoms with Gasteiger partial charge in [0.1, 0.15) is 0 Å². The van der Waals surface area contributed by atoms with Gasteiger partial charge in [-0.1, -0.05) is 36.4 Å². The summed E-state index contributed by atoms with van der Waals surface area (Å²) < 4.78 is 2.04. The van der Waals surface area contributed by atoms with E-state index in [-0.39, 0.29) is 11.8 Å². The molecule has 0 radical (unpaired) electrons. The number of hydrogen-bond donors (Lipinski definition) is 1. The third-order valence-electron chi connectivity index (χ3n) is 6.60. The second-order valence-electron chi connectivity index (χ2n) is 8.95. The molecule has 0 unspecified atom stereocenters. The number of carbonyl (C=O) groups is 2. The van der Waals surface area contributed by atoms with Crippen molar-refractivity contribution in [3.05, 3.63) is 82.9 Å². The Labute approximate surface area is 199 Å². The summed E-state index contributed by atoms with van der Waals surface area (Å²) in [6.07, 6.45) is 5.73. The first kappa shape index (κ1) is 22.3. The molecule has 0 spiro atoms. The van der Waals surface area contributed by atoms with Crippen LogP contribution in [0.2, 0.25) is 0 Å². The maximum atomic E-state index is 13.6. The lowest BCUT2D eigenvalue weighted by molar-refractivity contribution is -0.120. The third kappa shape index (κ3) is 5.02. The van der Waals surface area contributed by atoms with E-state index in [1.54, 1.807) is 11.1 Å². The van der Waals surface area contributed by atoms with Gasteiger partial charge >= 0.3 is 0 Å². The summed E-state index contributed by atoms with van der Waals surface area (Å²) in [6, 6.07) is 14.4. The van der Waals surface area contributed by atoms with Gasteiger partial charge in [0.2, 0.25) is 5.91 Å². The number of pyridine rings is 1. The molecule has 3 aromatic rings. The molecule has 2 aliphatic rings. The van der Waals surface area contributed by atoms with Crippen molar-refractivity contribution >= 4 is 11.8 Å². The van der Waals surface area contributed by atoms with Crippen molar-refractivity contribution in [2.45, 2.75) is 38.9 Å². The highest BCUT2D eigenvalue weighted by atomic mass is 16.2. The molecule has 0 aliphatic carbocycles. The fraction of sp³-hybridized carbons (Fsp3) is 0.385. The van der Waals surface area contributed by atoms with Crippen LogP contribution in [-0.4, -0.2) is 62.6 Å². The van der Waals surface area contributed by atoms with Crippen molar-refractivity contribution < 1.29 is 9.59 Å². The minimum atomic E-state index is -0.0746. The van der Waals surface area contributed by atoms with E-state index in [2.05, 4.69) is 33.4 Å². The first-order valence-corrected chi connectivity index (χ1v) is 12.0. The predicted octanol–water partition coefficient (Wildman–Crippen LogP) is 2.04. The summed E-state index contributed by atoms with van der Waals surface area (Å²) in [5.41, 5.74) is 5.13. The quantitative estimate of drug-likeness (QED) is 0.611. The normalized spacial score (nSPS) is 16.6. The lowest BCUT2D eigenvalue weighted by atomic mass is 10.0. The Balaban J connectivity index is 1.40. The number of benzene rings is 1. The molecule has 1 saturated heterocycles. The van der Waals surface area contributed by atoms with E-state index in [4.69, 9.17) is 5.10 Å². The number of aryl methyl sites for hydroxylation is 2. The van der Waals surface area contributed by atoms with Crippen LogP contribution in [0.4, 0.5) is 0 Å². The SMILES string of the molecule is O=C1CCN(C(=O)c2nn(CCc3ccccc3)c3c2CN(Cc2cccnc2)CC3)CCN1. The molecule has 1 aromatic carbocycles. The van der Waals surface area contributed by atoms with E-state index in [0.29, 0.717) is 38.3 Å². The second-order valence-corrected chi connectivity index (χ2v) is 8.95. The van der Waals surface area contributed by atoms with Gasteiger partial charge in [-0.3, -0.25) is 24.2 Å². The first-order chi connectivity index (χ1) is 16.7. The molecule has 176 valence electrons. The van der Waals surface area contributed by atoms with Gasteiger partial charge in [0.05, 0.1) is 0 Å². The summed E-state index contributed by atoms with van der Waals surface area (Å²) in [4.78, 5) is 33.7. The molecule has 4 heterocycles. The summed E-state index contributed by atoms with van der Waals surface area (Å²) in [5.74, 6) is -0.0807. The van der Waals surface area contributed by atoms with E-state index in [9.17, 15) is 9.59 Å². The molecule has 0 saturated carbocycles. The van der Waals surface area contributed by atoms with Crippen LogP contribution < -0.4 is 5.32 Å². The van der Waals surface area contributed by atoms with Crippen molar-refractivity contribution in [2.75, 3.05) is 26.2 Å². The van der Waals surface area contributed by atoms with Gasteiger partial charge in [-0.25, -0.2) is 0 Å². The highest BCUT2D eigenvalue weighted by Crippen LogP contribution is 2.25. The Hall–Kier alpha value is -3.52. The van der Waals surface area contributed by atoms with Gasteiger partial charge in [-0.05, 0) is 23.6 Å². The average Bonchev–Trinajstić information content (AvgIpc) is 3.08. The van der Waals surface area contributed by atoms with Gasteiger partial charge in [-0.2, -0.15) is 5.10 Å². The monoisotopic (exact) mass is 458 g/mol. The minimum absolute atomic E-state index is 0.00614. The van der Waals surface area contributed by atoms with Crippen LogP contribution in [0, 0.1) is 0 Å². The fourth-order valence-electron chi connectivity index (χ4n) is 4.79.